The minimum Gasteiger partial charge on any atom is -0.349 e. The maximum absolute atomic E-state index is 13.0. The Morgan fingerprint density at radius 3 is 2.83 bits per heavy atom. The molecule has 0 bridgehead atoms. The fourth-order valence-electron chi connectivity index (χ4n) is 3.02. The molecule has 1 fully saturated rings. The van der Waals surface area contributed by atoms with Crippen molar-refractivity contribution < 1.29 is 9.18 Å². The molecule has 1 aliphatic rings. The molecule has 4 rings (SSSR count). The number of nitrogens with one attached hydrogen (secondary N) is 2. The Labute approximate surface area is 132 Å². The van der Waals surface area contributed by atoms with Gasteiger partial charge in [-0.25, -0.2) is 9.37 Å². The Hall–Kier alpha value is -2.69. The molecule has 2 atom stereocenters. The molecule has 1 aromatic heterocycles. The fourth-order valence-corrected chi connectivity index (χ4v) is 3.02. The lowest BCUT2D eigenvalue weighted by Gasteiger charge is -2.06. The molecule has 5 heteroatoms. The normalized spacial score (nSPS) is 19.7. The van der Waals surface area contributed by atoms with Crippen molar-refractivity contribution >= 4 is 16.9 Å². The van der Waals surface area contributed by atoms with E-state index in [9.17, 15) is 9.18 Å². The van der Waals surface area contributed by atoms with E-state index in [4.69, 9.17) is 0 Å². The van der Waals surface area contributed by atoms with Crippen LogP contribution in [0.5, 0.6) is 0 Å². The summed E-state index contributed by atoms with van der Waals surface area (Å²) in [6.07, 6.45) is 0.882. The van der Waals surface area contributed by atoms with Gasteiger partial charge in [0.1, 0.15) is 17.2 Å². The lowest BCUT2D eigenvalue weighted by Crippen LogP contribution is -2.26. The molecule has 0 saturated heterocycles. The van der Waals surface area contributed by atoms with E-state index in [-0.39, 0.29) is 23.7 Å². The summed E-state index contributed by atoms with van der Waals surface area (Å²) in [5, 5.41) is 3.05. The third-order valence-electron chi connectivity index (χ3n) is 4.28. The molecular weight excluding hydrogens is 293 g/mol. The number of aromatic nitrogens is 2. The lowest BCUT2D eigenvalue weighted by molar-refractivity contribution is 0.0952. The van der Waals surface area contributed by atoms with Gasteiger partial charge in [0.25, 0.3) is 5.91 Å². The molecule has 1 heterocycles. The molecule has 0 unspecified atom stereocenters. The van der Waals surface area contributed by atoms with Crippen molar-refractivity contribution in [1.29, 1.82) is 0 Å². The Morgan fingerprint density at radius 1 is 1.26 bits per heavy atom. The predicted octanol–water partition coefficient (Wildman–Crippen LogP) is 3.30. The number of nitrogens with zero attached hydrogens (tertiary/aromatic N) is 1. The fraction of sp³-hybridized carbons (Fsp3) is 0.222. The molecule has 2 aromatic carbocycles. The van der Waals surface area contributed by atoms with Crippen LogP contribution >= 0.6 is 0 Å². The Bertz CT molecular complexity index is 885. The molecule has 23 heavy (non-hydrogen) atoms. The number of halogens is 1. The van der Waals surface area contributed by atoms with Crippen LogP contribution in [0.3, 0.4) is 0 Å². The highest BCUT2D eigenvalue weighted by atomic mass is 19.1. The summed E-state index contributed by atoms with van der Waals surface area (Å²) in [6.45, 7) is 1.87. The van der Waals surface area contributed by atoms with E-state index in [0.29, 0.717) is 11.1 Å². The number of para-hydroxylation sites is 1. The maximum atomic E-state index is 13.0. The van der Waals surface area contributed by atoms with Crippen LogP contribution in [0.2, 0.25) is 0 Å². The zero-order valence-electron chi connectivity index (χ0n) is 12.6. The van der Waals surface area contributed by atoms with Crippen LogP contribution in [-0.4, -0.2) is 21.9 Å². The first-order valence-electron chi connectivity index (χ1n) is 7.63. The van der Waals surface area contributed by atoms with Crippen molar-refractivity contribution in [3.05, 3.63) is 65.2 Å². The first kappa shape index (κ1) is 13.9. The highest BCUT2D eigenvalue weighted by Crippen LogP contribution is 2.41. The topological polar surface area (TPSA) is 57.8 Å². The van der Waals surface area contributed by atoms with Crippen LogP contribution in [-0.2, 0) is 0 Å². The predicted molar refractivity (Wildman–Crippen MR) is 85.8 cm³/mol. The smallest absolute Gasteiger partial charge is 0.253 e. The second-order valence-electron chi connectivity index (χ2n) is 6.00. The van der Waals surface area contributed by atoms with Crippen molar-refractivity contribution in [3.63, 3.8) is 0 Å². The summed E-state index contributed by atoms with van der Waals surface area (Å²) < 4.78 is 13.0. The van der Waals surface area contributed by atoms with Crippen LogP contribution in [0.1, 0.15) is 34.1 Å². The van der Waals surface area contributed by atoms with Gasteiger partial charge >= 0.3 is 0 Å². The number of hydrogen-bond acceptors (Lipinski definition) is 2. The standard InChI is InChI=1S/C18H16FN3O/c1-10-20-15-4-2-3-13(17(15)21-10)18(23)22-16-9-14(16)11-5-7-12(19)8-6-11/h2-8,14,16H,9H2,1H3,(H,20,21)(H,22,23)/t14-,16+/m0/s1. The quantitative estimate of drug-likeness (QED) is 0.780. The first-order valence-corrected chi connectivity index (χ1v) is 7.63. The second-order valence-corrected chi connectivity index (χ2v) is 6.00. The molecule has 0 spiro atoms. The van der Waals surface area contributed by atoms with E-state index in [1.165, 1.54) is 12.1 Å². The molecule has 1 amide bonds. The monoisotopic (exact) mass is 309 g/mol. The van der Waals surface area contributed by atoms with Gasteiger partial charge in [-0.3, -0.25) is 4.79 Å². The number of amides is 1. The number of aryl methyl sites for hydroxylation is 1. The number of H-pyrrole nitrogens is 1. The summed E-state index contributed by atoms with van der Waals surface area (Å²) in [6, 6.07) is 12.1. The van der Waals surface area contributed by atoms with E-state index in [1.807, 2.05) is 19.1 Å². The molecule has 2 N–H and O–H groups in total. The van der Waals surface area contributed by atoms with Crippen LogP contribution in [0.25, 0.3) is 11.0 Å². The van der Waals surface area contributed by atoms with Crippen molar-refractivity contribution in [2.75, 3.05) is 0 Å². The maximum Gasteiger partial charge on any atom is 0.253 e. The van der Waals surface area contributed by atoms with Crippen molar-refractivity contribution in [3.8, 4) is 0 Å². The van der Waals surface area contributed by atoms with Gasteiger partial charge < -0.3 is 10.3 Å². The summed E-state index contributed by atoms with van der Waals surface area (Å²) in [7, 11) is 0. The van der Waals surface area contributed by atoms with Gasteiger partial charge in [0.15, 0.2) is 0 Å². The SMILES string of the molecule is Cc1nc2c(C(=O)N[C@@H]3C[C@H]3c3ccc(F)cc3)cccc2[nH]1. The van der Waals surface area contributed by atoms with E-state index in [1.54, 1.807) is 18.2 Å². The van der Waals surface area contributed by atoms with Gasteiger partial charge in [0.2, 0.25) is 0 Å². The van der Waals surface area contributed by atoms with Gasteiger partial charge in [-0.15, -0.1) is 0 Å². The van der Waals surface area contributed by atoms with Crippen molar-refractivity contribution in [2.45, 2.75) is 25.3 Å². The highest BCUT2D eigenvalue weighted by Gasteiger charge is 2.39. The number of rotatable bonds is 3. The zero-order chi connectivity index (χ0) is 16.0. The zero-order valence-corrected chi connectivity index (χ0v) is 12.6. The molecule has 3 aromatic rings. The second kappa shape index (κ2) is 5.19. The largest absolute Gasteiger partial charge is 0.349 e. The van der Waals surface area contributed by atoms with E-state index >= 15 is 0 Å². The van der Waals surface area contributed by atoms with Gasteiger partial charge in [-0.05, 0) is 43.2 Å². The average molecular weight is 309 g/mol. The van der Waals surface area contributed by atoms with Crippen molar-refractivity contribution in [2.24, 2.45) is 0 Å². The van der Waals surface area contributed by atoms with E-state index < -0.39 is 0 Å². The van der Waals surface area contributed by atoms with Gasteiger partial charge in [-0.2, -0.15) is 0 Å². The number of hydrogen-bond donors (Lipinski definition) is 2. The van der Waals surface area contributed by atoms with E-state index in [0.717, 1.165) is 23.3 Å². The summed E-state index contributed by atoms with van der Waals surface area (Å²) in [4.78, 5) is 20.1. The molecular formula is C18H16FN3O. The first-order chi connectivity index (χ1) is 11.1. The van der Waals surface area contributed by atoms with Crippen LogP contribution in [0.4, 0.5) is 4.39 Å². The summed E-state index contributed by atoms with van der Waals surface area (Å²) >= 11 is 0. The molecule has 1 saturated carbocycles. The Kier molecular flexibility index (Phi) is 3.15. The van der Waals surface area contributed by atoms with Crippen LogP contribution in [0, 0.1) is 12.7 Å². The van der Waals surface area contributed by atoms with Gasteiger partial charge in [0.05, 0.1) is 11.1 Å². The Balaban J connectivity index is 1.51. The highest BCUT2D eigenvalue weighted by molar-refractivity contribution is 6.05. The minimum atomic E-state index is -0.240. The molecule has 1 aliphatic carbocycles. The third kappa shape index (κ3) is 2.59. The molecule has 0 aliphatic heterocycles. The van der Waals surface area contributed by atoms with Gasteiger partial charge in [-0.1, -0.05) is 18.2 Å². The lowest BCUT2D eigenvalue weighted by atomic mass is 10.1. The molecule has 4 nitrogen and oxygen atoms in total. The number of fused-ring (bicyclic) bond motifs is 1. The number of benzene rings is 2. The van der Waals surface area contributed by atoms with E-state index in [2.05, 4.69) is 15.3 Å². The Morgan fingerprint density at radius 2 is 2.04 bits per heavy atom. The van der Waals surface area contributed by atoms with Crippen LogP contribution < -0.4 is 5.32 Å². The number of carbonyl (C=O) groups is 1. The minimum absolute atomic E-state index is 0.100. The van der Waals surface area contributed by atoms with Crippen LogP contribution in [0.15, 0.2) is 42.5 Å². The average Bonchev–Trinajstić information content (AvgIpc) is 3.17. The van der Waals surface area contributed by atoms with Gasteiger partial charge in [0, 0.05) is 12.0 Å². The van der Waals surface area contributed by atoms with Crippen molar-refractivity contribution in [1.82, 2.24) is 15.3 Å². The number of carbonyl (C=O) groups excluding carboxylic acids is 1. The molecule has 0 radical (unpaired) electrons. The number of aromatic amines is 1. The summed E-state index contributed by atoms with van der Waals surface area (Å²) in [5.41, 5.74) is 3.20. The summed E-state index contributed by atoms with van der Waals surface area (Å²) in [5.74, 6) is 0.697. The number of imidazole rings is 1. The third-order valence-corrected chi connectivity index (χ3v) is 4.28. The molecule has 116 valence electrons.